The highest BCUT2D eigenvalue weighted by atomic mass is 16.2. The van der Waals surface area contributed by atoms with E-state index < -0.39 is 6.04 Å². The molecule has 0 saturated heterocycles. The Kier molecular flexibility index (Phi) is 5.29. The second kappa shape index (κ2) is 5.50. The van der Waals surface area contributed by atoms with E-state index in [1.54, 1.807) is 4.90 Å². The van der Waals surface area contributed by atoms with Crippen LogP contribution < -0.4 is 5.73 Å². The first kappa shape index (κ1) is 14.4. The van der Waals surface area contributed by atoms with Crippen molar-refractivity contribution in [1.82, 2.24) is 4.90 Å². The van der Waals surface area contributed by atoms with E-state index in [0.717, 1.165) is 13.0 Å². The predicted molar refractivity (Wildman–Crippen MR) is 64.5 cm³/mol. The molecule has 0 unspecified atom stereocenters. The highest BCUT2D eigenvalue weighted by molar-refractivity contribution is 5.82. The van der Waals surface area contributed by atoms with Gasteiger partial charge in [0.1, 0.15) is 0 Å². The lowest BCUT2D eigenvalue weighted by molar-refractivity contribution is -0.133. The van der Waals surface area contributed by atoms with Crippen LogP contribution in [-0.2, 0) is 4.79 Å². The summed E-state index contributed by atoms with van der Waals surface area (Å²) in [5.74, 6) is 0.661. The van der Waals surface area contributed by atoms with Crippen molar-refractivity contribution >= 4 is 5.91 Å². The van der Waals surface area contributed by atoms with Gasteiger partial charge in [-0.05, 0) is 17.8 Å². The van der Waals surface area contributed by atoms with Crippen molar-refractivity contribution in [3.05, 3.63) is 0 Å². The molecule has 0 radical (unpaired) electrons. The maximum atomic E-state index is 11.9. The molecule has 0 saturated carbocycles. The summed E-state index contributed by atoms with van der Waals surface area (Å²) >= 11 is 0. The SMILES string of the molecule is CC(C)CCN(C)C(=O)[C@@H](N)C(C)(C)C. The molecule has 3 nitrogen and oxygen atoms in total. The molecule has 2 N–H and O–H groups in total. The van der Waals surface area contributed by atoms with Crippen molar-refractivity contribution in [2.45, 2.75) is 47.1 Å². The van der Waals surface area contributed by atoms with Crippen LogP contribution in [-0.4, -0.2) is 30.4 Å². The van der Waals surface area contributed by atoms with Gasteiger partial charge in [0.2, 0.25) is 5.91 Å². The zero-order valence-electron chi connectivity index (χ0n) is 11.0. The summed E-state index contributed by atoms with van der Waals surface area (Å²) in [5, 5.41) is 0. The Labute approximate surface area is 94.0 Å². The van der Waals surface area contributed by atoms with Gasteiger partial charge in [0.15, 0.2) is 0 Å². The van der Waals surface area contributed by atoms with Crippen LogP contribution in [0.3, 0.4) is 0 Å². The molecule has 0 bridgehead atoms. The zero-order valence-corrected chi connectivity index (χ0v) is 11.0. The van der Waals surface area contributed by atoms with Crippen molar-refractivity contribution in [2.24, 2.45) is 17.1 Å². The molecular weight excluding hydrogens is 188 g/mol. The smallest absolute Gasteiger partial charge is 0.239 e. The third-order valence-electron chi connectivity index (χ3n) is 2.62. The van der Waals surface area contributed by atoms with Crippen molar-refractivity contribution in [1.29, 1.82) is 0 Å². The average Bonchev–Trinajstić information content (AvgIpc) is 2.10. The highest BCUT2D eigenvalue weighted by Crippen LogP contribution is 2.18. The van der Waals surface area contributed by atoms with Gasteiger partial charge in [0, 0.05) is 13.6 Å². The Hall–Kier alpha value is -0.570. The standard InChI is InChI=1S/C12H26N2O/c1-9(2)7-8-14(6)11(15)10(13)12(3,4)5/h9-10H,7-8,13H2,1-6H3/t10-/m1/s1. The number of carbonyl (C=O) groups is 1. The number of hydrogen-bond acceptors (Lipinski definition) is 2. The Morgan fingerprint density at radius 1 is 1.33 bits per heavy atom. The quantitative estimate of drug-likeness (QED) is 0.776. The van der Waals surface area contributed by atoms with Gasteiger partial charge in [-0.1, -0.05) is 34.6 Å². The molecule has 0 aliphatic heterocycles. The lowest BCUT2D eigenvalue weighted by Gasteiger charge is -2.30. The summed E-state index contributed by atoms with van der Waals surface area (Å²) in [6, 6.07) is -0.408. The van der Waals surface area contributed by atoms with E-state index in [2.05, 4.69) is 13.8 Å². The van der Waals surface area contributed by atoms with E-state index in [4.69, 9.17) is 5.73 Å². The lowest BCUT2D eigenvalue weighted by atomic mass is 9.86. The van der Waals surface area contributed by atoms with Crippen LogP contribution >= 0.6 is 0 Å². The third kappa shape index (κ3) is 5.17. The van der Waals surface area contributed by atoms with E-state index in [1.807, 2.05) is 27.8 Å². The fraction of sp³-hybridized carbons (Fsp3) is 0.917. The summed E-state index contributed by atoms with van der Waals surface area (Å²) in [7, 11) is 1.83. The fourth-order valence-electron chi connectivity index (χ4n) is 1.17. The molecule has 0 heterocycles. The van der Waals surface area contributed by atoms with Gasteiger partial charge in [0.05, 0.1) is 6.04 Å². The monoisotopic (exact) mass is 214 g/mol. The minimum Gasteiger partial charge on any atom is -0.344 e. The van der Waals surface area contributed by atoms with E-state index >= 15 is 0 Å². The van der Waals surface area contributed by atoms with E-state index in [1.165, 1.54) is 0 Å². The average molecular weight is 214 g/mol. The number of amides is 1. The fourth-order valence-corrected chi connectivity index (χ4v) is 1.17. The summed E-state index contributed by atoms with van der Waals surface area (Å²) in [6.07, 6.45) is 1.03. The zero-order chi connectivity index (χ0) is 12.2. The Morgan fingerprint density at radius 2 is 1.80 bits per heavy atom. The molecule has 1 amide bonds. The molecule has 0 aromatic heterocycles. The van der Waals surface area contributed by atoms with Gasteiger partial charge in [-0.2, -0.15) is 0 Å². The number of carbonyl (C=O) groups excluding carboxylic acids is 1. The van der Waals surface area contributed by atoms with Gasteiger partial charge in [0.25, 0.3) is 0 Å². The molecule has 0 aliphatic rings. The van der Waals surface area contributed by atoms with Crippen molar-refractivity contribution in [3.63, 3.8) is 0 Å². The second-order valence-corrected chi connectivity index (χ2v) is 5.79. The summed E-state index contributed by atoms with van der Waals surface area (Å²) in [5.41, 5.74) is 5.75. The molecule has 0 aromatic carbocycles. The van der Waals surface area contributed by atoms with Gasteiger partial charge in [-0.15, -0.1) is 0 Å². The Bertz CT molecular complexity index is 206. The molecular formula is C12H26N2O. The Balaban J connectivity index is 4.20. The van der Waals surface area contributed by atoms with Crippen molar-refractivity contribution in [2.75, 3.05) is 13.6 Å². The maximum absolute atomic E-state index is 11.9. The van der Waals surface area contributed by atoms with E-state index in [9.17, 15) is 4.79 Å². The summed E-state index contributed by atoms with van der Waals surface area (Å²) in [6.45, 7) is 11.1. The Morgan fingerprint density at radius 3 is 2.13 bits per heavy atom. The minimum absolute atomic E-state index is 0.0446. The van der Waals surface area contributed by atoms with Gasteiger partial charge in [-0.25, -0.2) is 0 Å². The van der Waals surface area contributed by atoms with Crippen LogP contribution in [0, 0.1) is 11.3 Å². The van der Waals surface area contributed by atoms with E-state index in [0.29, 0.717) is 5.92 Å². The number of nitrogens with zero attached hydrogens (tertiary/aromatic N) is 1. The van der Waals surface area contributed by atoms with Crippen LogP contribution in [0.5, 0.6) is 0 Å². The summed E-state index contributed by atoms with van der Waals surface area (Å²) < 4.78 is 0. The number of rotatable bonds is 4. The molecule has 0 aliphatic carbocycles. The van der Waals surface area contributed by atoms with E-state index in [-0.39, 0.29) is 11.3 Å². The first-order valence-corrected chi connectivity index (χ1v) is 5.66. The largest absolute Gasteiger partial charge is 0.344 e. The minimum atomic E-state index is -0.408. The van der Waals surface area contributed by atoms with Crippen molar-refractivity contribution < 1.29 is 4.79 Å². The topological polar surface area (TPSA) is 46.3 Å². The lowest BCUT2D eigenvalue weighted by Crippen LogP contribution is -2.49. The molecule has 0 spiro atoms. The first-order valence-electron chi connectivity index (χ1n) is 5.66. The first-order chi connectivity index (χ1) is 6.66. The van der Waals surface area contributed by atoms with Crippen molar-refractivity contribution in [3.8, 4) is 0 Å². The molecule has 90 valence electrons. The molecule has 1 atom stereocenters. The maximum Gasteiger partial charge on any atom is 0.239 e. The number of likely N-dealkylation sites (N-methyl/N-ethyl adjacent to an activating group) is 1. The number of hydrogen-bond donors (Lipinski definition) is 1. The summed E-state index contributed by atoms with van der Waals surface area (Å²) in [4.78, 5) is 13.6. The molecule has 0 rings (SSSR count). The van der Waals surface area contributed by atoms with Crippen LogP contribution in [0.4, 0.5) is 0 Å². The molecule has 3 heteroatoms. The third-order valence-corrected chi connectivity index (χ3v) is 2.62. The molecule has 15 heavy (non-hydrogen) atoms. The predicted octanol–water partition coefficient (Wildman–Crippen LogP) is 1.86. The van der Waals surface area contributed by atoms with Gasteiger partial charge < -0.3 is 10.6 Å². The molecule has 0 aromatic rings. The number of nitrogens with two attached hydrogens (primary N) is 1. The molecule has 0 fully saturated rings. The van der Waals surface area contributed by atoms with Gasteiger partial charge in [-0.3, -0.25) is 4.79 Å². The second-order valence-electron chi connectivity index (χ2n) is 5.79. The van der Waals surface area contributed by atoms with Gasteiger partial charge >= 0.3 is 0 Å². The van der Waals surface area contributed by atoms with Crippen LogP contribution in [0.15, 0.2) is 0 Å². The van der Waals surface area contributed by atoms with Crippen LogP contribution in [0.25, 0.3) is 0 Å². The van der Waals surface area contributed by atoms with Crippen LogP contribution in [0.1, 0.15) is 41.0 Å². The van der Waals surface area contributed by atoms with Crippen LogP contribution in [0.2, 0.25) is 0 Å². The highest BCUT2D eigenvalue weighted by Gasteiger charge is 2.29. The normalized spacial score (nSPS) is 14.1.